The number of aromatic amines is 1. The van der Waals surface area contributed by atoms with Crippen molar-refractivity contribution in [3.63, 3.8) is 0 Å². The second-order valence-corrected chi connectivity index (χ2v) is 5.70. The van der Waals surface area contributed by atoms with Gasteiger partial charge < -0.3 is 0 Å². The normalized spacial score (nSPS) is 14.6. The van der Waals surface area contributed by atoms with Crippen LogP contribution in [0.5, 0.6) is 0 Å². The first-order chi connectivity index (χ1) is 7.88. The third-order valence-corrected chi connectivity index (χ3v) is 3.72. The summed E-state index contributed by atoms with van der Waals surface area (Å²) >= 11 is 5.79. The highest BCUT2D eigenvalue weighted by Gasteiger charge is 2.16. The molecule has 17 heavy (non-hydrogen) atoms. The summed E-state index contributed by atoms with van der Waals surface area (Å²) in [5.41, 5.74) is -0.589. The average Bonchev–Trinajstić information content (AvgIpc) is 2.15. The molecule has 0 saturated carbocycles. The van der Waals surface area contributed by atoms with Crippen molar-refractivity contribution in [2.75, 3.05) is 12.0 Å². The number of H-pyrrole nitrogens is 1. The Morgan fingerprint density at radius 2 is 2.06 bits per heavy atom. The quantitative estimate of drug-likeness (QED) is 0.824. The van der Waals surface area contributed by atoms with Gasteiger partial charge >= 0.3 is 5.69 Å². The van der Waals surface area contributed by atoms with Crippen molar-refractivity contribution in [1.82, 2.24) is 9.55 Å². The van der Waals surface area contributed by atoms with Gasteiger partial charge in [-0.1, -0.05) is 18.5 Å². The lowest BCUT2D eigenvalue weighted by molar-refractivity contribution is 0.542. The SMILES string of the molecule is CCc1c(Cl)[nH]c(=O)n(C(C)CS(C)=O)c1=O. The summed E-state index contributed by atoms with van der Waals surface area (Å²) in [5, 5.41) is 0.0866. The smallest absolute Gasteiger partial charge is 0.297 e. The molecule has 0 fully saturated rings. The van der Waals surface area contributed by atoms with E-state index in [1.165, 1.54) is 6.26 Å². The molecule has 1 rings (SSSR count). The summed E-state index contributed by atoms with van der Waals surface area (Å²) in [6.07, 6.45) is 1.97. The average molecular weight is 279 g/mol. The number of hydrogen-bond acceptors (Lipinski definition) is 3. The molecule has 0 amide bonds. The lowest BCUT2D eigenvalue weighted by Crippen LogP contribution is -2.40. The summed E-state index contributed by atoms with van der Waals surface area (Å²) in [4.78, 5) is 26.1. The first-order valence-corrected chi connectivity index (χ1v) is 7.32. The molecule has 7 heteroatoms. The third kappa shape index (κ3) is 3.07. The van der Waals surface area contributed by atoms with Crippen LogP contribution in [0.4, 0.5) is 0 Å². The summed E-state index contributed by atoms with van der Waals surface area (Å²) in [7, 11) is -1.07. The fraction of sp³-hybridized carbons (Fsp3) is 0.600. The van der Waals surface area contributed by atoms with E-state index in [-0.39, 0.29) is 10.9 Å². The zero-order valence-corrected chi connectivity index (χ0v) is 11.5. The molecule has 0 aliphatic rings. The molecule has 0 saturated heterocycles. The molecule has 1 aromatic rings. The maximum absolute atomic E-state index is 12.0. The van der Waals surface area contributed by atoms with Gasteiger partial charge in [-0.25, -0.2) is 4.79 Å². The Kier molecular flexibility index (Phi) is 4.70. The van der Waals surface area contributed by atoms with E-state index >= 15 is 0 Å². The third-order valence-electron chi connectivity index (χ3n) is 2.45. The molecule has 1 N–H and O–H groups in total. The van der Waals surface area contributed by atoms with Crippen LogP contribution in [0.3, 0.4) is 0 Å². The minimum atomic E-state index is -1.07. The molecule has 5 nitrogen and oxygen atoms in total. The standard InChI is InChI=1S/C10H15ClN2O3S/c1-4-7-8(11)12-10(15)13(9(7)14)6(2)5-17(3)16/h6H,4-5H2,1-3H3,(H,12,15). The Balaban J connectivity index is 3.39. The number of rotatable bonds is 4. The van der Waals surface area contributed by atoms with Gasteiger partial charge in [0.05, 0.1) is 11.6 Å². The van der Waals surface area contributed by atoms with Crippen molar-refractivity contribution >= 4 is 22.4 Å². The monoisotopic (exact) mass is 278 g/mol. The maximum atomic E-state index is 12.0. The molecule has 0 aliphatic heterocycles. The number of aromatic nitrogens is 2. The molecule has 0 spiro atoms. The Bertz CT molecular complexity index is 549. The van der Waals surface area contributed by atoms with E-state index in [0.717, 1.165) is 4.57 Å². The van der Waals surface area contributed by atoms with E-state index in [1.54, 1.807) is 13.8 Å². The van der Waals surface area contributed by atoms with Crippen molar-refractivity contribution < 1.29 is 4.21 Å². The van der Waals surface area contributed by atoms with Gasteiger partial charge in [0.15, 0.2) is 0 Å². The molecule has 2 unspecified atom stereocenters. The van der Waals surface area contributed by atoms with E-state index in [1.807, 2.05) is 0 Å². The lowest BCUT2D eigenvalue weighted by Gasteiger charge is -2.14. The molecular weight excluding hydrogens is 264 g/mol. The van der Waals surface area contributed by atoms with Gasteiger partial charge in [-0.2, -0.15) is 0 Å². The van der Waals surface area contributed by atoms with Gasteiger partial charge in [-0.3, -0.25) is 18.6 Å². The highest BCUT2D eigenvalue weighted by atomic mass is 35.5. The zero-order valence-electron chi connectivity index (χ0n) is 9.95. The van der Waals surface area contributed by atoms with E-state index in [0.29, 0.717) is 12.0 Å². The molecule has 1 heterocycles. The van der Waals surface area contributed by atoms with E-state index in [2.05, 4.69) is 4.98 Å². The Labute approximate surface area is 106 Å². The number of halogens is 1. The molecule has 0 aromatic carbocycles. The van der Waals surface area contributed by atoms with Gasteiger partial charge in [0.2, 0.25) is 0 Å². The van der Waals surface area contributed by atoms with E-state index < -0.39 is 28.1 Å². The topological polar surface area (TPSA) is 71.9 Å². The molecular formula is C10H15ClN2O3S. The van der Waals surface area contributed by atoms with Gasteiger partial charge in [0.25, 0.3) is 5.56 Å². The molecule has 2 atom stereocenters. The van der Waals surface area contributed by atoms with Crippen molar-refractivity contribution in [3.8, 4) is 0 Å². The van der Waals surface area contributed by atoms with Gasteiger partial charge in [0.1, 0.15) is 5.15 Å². The minimum Gasteiger partial charge on any atom is -0.297 e. The van der Waals surface area contributed by atoms with Crippen LogP contribution in [-0.2, 0) is 17.2 Å². The van der Waals surface area contributed by atoms with E-state index in [4.69, 9.17) is 11.6 Å². The fourth-order valence-electron chi connectivity index (χ4n) is 1.68. The van der Waals surface area contributed by atoms with Crippen LogP contribution in [0.1, 0.15) is 25.5 Å². The van der Waals surface area contributed by atoms with Crippen LogP contribution in [-0.4, -0.2) is 25.8 Å². The number of nitrogens with zero attached hydrogens (tertiary/aromatic N) is 1. The predicted octanol–water partition coefficient (Wildman–Crippen LogP) is 0.692. The van der Waals surface area contributed by atoms with Crippen LogP contribution < -0.4 is 11.2 Å². The molecule has 96 valence electrons. The van der Waals surface area contributed by atoms with Crippen molar-refractivity contribution in [3.05, 3.63) is 31.6 Å². The number of nitrogens with one attached hydrogen (secondary N) is 1. The van der Waals surface area contributed by atoms with Crippen LogP contribution in [0.25, 0.3) is 0 Å². The molecule has 0 aliphatic carbocycles. The number of hydrogen-bond donors (Lipinski definition) is 1. The van der Waals surface area contributed by atoms with Crippen LogP contribution >= 0.6 is 11.6 Å². The maximum Gasteiger partial charge on any atom is 0.329 e. The largest absolute Gasteiger partial charge is 0.329 e. The minimum absolute atomic E-state index is 0.0866. The van der Waals surface area contributed by atoms with Crippen LogP contribution in [0.15, 0.2) is 9.59 Å². The van der Waals surface area contributed by atoms with Gasteiger partial charge in [-0.05, 0) is 13.3 Å². The zero-order chi connectivity index (χ0) is 13.2. The summed E-state index contributed by atoms with van der Waals surface area (Å²) in [6, 6.07) is -0.417. The van der Waals surface area contributed by atoms with Gasteiger partial charge in [0, 0.05) is 22.8 Å². The second-order valence-electron chi connectivity index (χ2n) is 3.84. The Morgan fingerprint density at radius 3 is 2.53 bits per heavy atom. The van der Waals surface area contributed by atoms with Crippen LogP contribution in [0, 0.1) is 0 Å². The fourth-order valence-corrected chi connectivity index (χ4v) is 2.81. The first kappa shape index (κ1) is 14.2. The van der Waals surface area contributed by atoms with Crippen molar-refractivity contribution in [2.45, 2.75) is 26.3 Å². The highest BCUT2D eigenvalue weighted by Crippen LogP contribution is 2.08. The summed E-state index contributed by atoms with van der Waals surface area (Å²) < 4.78 is 12.2. The summed E-state index contributed by atoms with van der Waals surface area (Å²) in [6.45, 7) is 3.47. The van der Waals surface area contributed by atoms with Crippen molar-refractivity contribution in [1.29, 1.82) is 0 Å². The van der Waals surface area contributed by atoms with Crippen molar-refractivity contribution in [2.24, 2.45) is 0 Å². The molecule has 1 aromatic heterocycles. The molecule has 0 bridgehead atoms. The lowest BCUT2D eigenvalue weighted by atomic mass is 10.2. The van der Waals surface area contributed by atoms with E-state index in [9.17, 15) is 13.8 Å². The highest BCUT2D eigenvalue weighted by molar-refractivity contribution is 7.84. The van der Waals surface area contributed by atoms with Crippen LogP contribution in [0.2, 0.25) is 5.15 Å². The molecule has 0 radical (unpaired) electrons. The predicted molar refractivity (Wildman–Crippen MR) is 69.4 cm³/mol. The second kappa shape index (κ2) is 5.64. The van der Waals surface area contributed by atoms with Gasteiger partial charge in [-0.15, -0.1) is 0 Å². The summed E-state index contributed by atoms with van der Waals surface area (Å²) in [5.74, 6) is 0.258. The Morgan fingerprint density at radius 1 is 1.47 bits per heavy atom. The first-order valence-electron chi connectivity index (χ1n) is 5.21. The Hall–Kier alpha value is -0.880.